The highest BCUT2D eigenvalue weighted by Crippen LogP contribution is 1.72. The fourth-order valence-corrected chi connectivity index (χ4v) is 0.153. The van der Waals surface area contributed by atoms with E-state index in [9.17, 15) is 4.79 Å². The molecule has 0 unspecified atom stereocenters. The van der Waals surface area contributed by atoms with Crippen LogP contribution in [0.25, 0.3) is 0 Å². The molecule has 4 heteroatoms. The number of esters is 1. The van der Waals surface area contributed by atoms with E-state index in [4.69, 9.17) is 5.41 Å². The van der Waals surface area contributed by atoms with Gasteiger partial charge in [-0.2, -0.15) is 0 Å². The molecule has 1 N–H and O–H groups in total. The van der Waals surface area contributed by atoms with Gasteiger partial charge in [0.2, 0.25) is 0 Å². The summed E-state index contributed by atoms with van der Waals surface area (Å²) in [6.07, 6.45) is 0. The van der Waals surface area contributed by atoms with Crippen molar-refractivity contribution < 1.29 is 9.53 Å². The molecule has 0 atom stereocenters. The molecule has 0 saturated heterocycles. The van der Waals surface area contributed by atoms with E-state index in [0.29, 0.717) is 0 Å². The minimum Gasteiger partial charge on any atom is -0.465 e. The van der Waals surface area contributed by atoms with Crippen molar-refractivity contribution in [2.45, 2.75) is 6.92 Å². The zero-order valence-corrected chi connectivity index (χ0v) is 5.54. The van der Waals surface area contributed by atoms with Crippen LogP contribution in [0.1, 0.15) is 6.92 Å². The van der Waals surface area contributed by atoms with Crippen molar-refractivity contribution in [3.63, 3.8) is 0 Å². The summed E-state index contributed by atoms with van der Waals surface area (Å²) in [7, 11) is 1.25. The molecule has 0 saturated carbocycles. The standard InChI is InChI=1S/C4H7NO2.ClH/c1-3(5)4(6)7-2;/h5H,1-2H3;1H. The van der Waals surface area contributed by atoms with Crippen LogP contribution in [0, 0.1) is 5.41 Å². The summed E-state index contributed by atoms with van der Waals surface area (Å²) < 4.78 is 4.15. The quantitative estimate of drug-likeness (QED) is 0.426. The van der Waals surface area contributed by atoms with E-state index in [0.717, 1.165) is 0 Å². The van der Waals surface area contributed by atoms with Crippen molar-refractivity contribution in [3.05, 3.63) is 0 Å². The van der Waals surface area contributed by atoms with Gasteiger partial charge in [-0.15, -0.1) is 12.4 Å². The summed E-state index contributed by atoms with van der Waals surface area (Å²) in [4.78, 5) is 10.1. The van der Waals surface area contributed by atoms with E-state index < -0.39 is 5.97 Å². The lowest BCUT2D eigenvalue weighted by atomic mass is 10.4. The molecule has 0 heterocycles. The van der Waals surface area contributed by atoms with Gasteiger partial charge in [0.25, 0.3) is 0 Å². The first-order chi connectivity index (χ1) is 3.18. The lowest BCUT2D eigenvalue weighted by Gasteiger charge is -1.89. The smallest absolute Gasteiger partial charge is 0.351 e. The van der Waals surface area contributed by atoms with Gasteiger partial charge in [-0.3, -0.25) is 5.41 Å². The van der Waals surface area contributed by atoms with Gasteiger partial charge in [-0.05, 0) is 6.92 Å². The average molecular weight is 138 g/mol. The highest BCUT2D eigenvalue weighted by atomic mass is 35.5. The zero-order chi connectivity index (χ0) is 5.86. The number of hydrogen-bond donors (Lipinski definition) is 1. The van der Waals surface area contributed by atoms with Crippen molar-refractivity contribution in [1.29, 1.82) is 5.41 Å². The molecule has 0 aliphatic carbocycles. The van der Waals surface area contributed by atoms with E-state index >= 15 is 0 Å². The van der Waals surface area contributed by atoms with Gasteiger partial charge in [0.15, 0.2) is 0 Å². The first-order valence-corrected chi connectivity index (χ1v) is 1.82. The molecule has 0 bridgehead atoms. The Labute approximate surface area is 53.9 Å². The molecule has 0 fully saturated rings. The number of hydrogen-bond acceptors (Lipinski definition) is 3. The molecule has 0 aliphatic rings. The number of methoxy groups -OCH3 is 1. The second-order valence-electron chi connectivity index (χ2n) is 1.12. The average Bonchev–Trinajstić information content (AvgIpc) is 1.65. The molecule has 0 amide bonds. The van der Waals surface area contributed by atoms with Crippen molar-refractivity contribution in [2.75, 3.05) is 7.11 Å². The number of ether oxygens (including phenoxy) is 1. The lowest BCUT2D eigenvalue weighted by Crippen LogP contribution is -2.09. The molecule has 0 aromatic heterocycles. The Kier molecular flexibility index (Phi) is 5.97. The zero-order valence-electron chi connectivity index (χ0n) is 4.72. The number of carbonyl (C=O) groups excluding carboxylic acids is 1. The molecule has 0 spiro atoms. The van der Waals surface area contributed by atoms with Gasteiger partial charge >= 0.3 is 5.97 Å². The van der Waals surface area contributed by atoms with Crippen LogP contribution in [-0.4, -0.2) is 18.8 Å². The molecular formula is C4H8ClNO2. The number of halogens is 1. The van der Waals surface area contributed by atoms with Gasteiger partial charge in [0.05, 0.1) is 7.11 Å². The summed E-state index contributed by atoms with van der Waals surface area (Å²) in [6.45, 7) is 1.38. The fourth-order valence-electron chi connectivity index (χ4n) is 0.153. The topological polar surface area (TPSA) is 50.2 Å². The van der Waals surface area contributed by atoms with Crippen LogP contribution >= 0.6 is 12.4 Å². The Bertz CT molecular complexity index is 102. The maximum atomic E-state index is 10.1. The van der Waals surface area contributed by atoms with Crippen molar-refractivity contribution >= 4 is 24.1 Å². The van der Waals surface area contributed by atoms with Gasteiger partial charge < -0.3 is 4.74 Å². The molecule has 0 radical (unpaired) electrons. The Morgan fingerprint density at radius 2 is 2.00 bits per heavy atom. The summed E-state index contributed by atoms with van der Waals surface area (Å²) in [5.74, 6) is -0.569. The highest BCUT2D eigenvalue weighted by Gasteiger charge is 1.98. The fraction of sp³-hybridized carbons (Fsp3) is 0.500. The summed E-state index contributed by atoms with van der Waals surface area (Å²) in [5, 5.41) is 6.63. The van der Waals surface area contributed by atoms with E-state index in [1.165, 1.54) is 14.0 Å². The third kappa shape index (κ3) is 3.61. The first kappa shape index (κ1) is 10.4. The minimum atomic E-state index is -0.569. The maximum absolute atomic E-state index is 10.1. The van der Waals surface area contributed by atoms with Crippen LogP contribution < -0.4 is 0 Å². The van der Waals surface area contributed by atoms with Crippen LogP contribution in [0.4, 0.5) is 0 Å². The van der Waals surface area contributed by atoms with Crippen LogP contribution in [0.15, 0.2) is 0 Å². The van der Waals surface area contributed by atoms with E-state index in [-0.39, 0.29) is 18.1 Å². The Morgan fingerprint density at radius 1 is 1.62 bits per heavy atom. The minimum absolute atomic E-state index is 0. The molecule has 0 aliphatic heterocycles. The van der Waals surface area contributed by atoms with Crippen molar-refractivity contribution in [1.82, 2.24) is 0 Å². The van der Waals surface area contributed by atoms with Crippen molar-refractivity contribution in [2.24, 2.45) is 0 Å². The summed E-state index contributed by atoms with van der Waals surface area (Å²) in [5.41, 5.74) is -0.0671. The largest absolute Gasteiger partial charge is 0.465 e. The van der Waals surface area contributed by atoms with Crippen LogP contribution in [-0.2, 0) is 9.53 Å². The molecule has 0 aromatic rings. The van der Waals surface area contributed by atoms with Gasteiger partial charge in [-0.1, -0.05) is 0 Å². The Balaban J connectivity index is 0. The Morgan fingerprint density at radius 3 is 2.00 bits per heavy atom. The van der Waals surface area contributed by atoms with Crippen molar-refractivity contribution in [3.8, 4) is 0 Å². The summed E-state index contributed by atoms with van der Waals surface area (Å²) >= 11 is 0. The lowest BCUT2D eigenvalue weighted by molar-refractivity contribution is -0.132. The summed E-state index contributed by atoms with van der Waals surface area (Å²) in [6, 6.07) is 0. The third-order valence-electron chi connectivity index (χ3n) is 0.492. The molecule has 0 aromatic carbocycles. The molecular weight excluding hydrogens is 130 g/mol. The van der Waals surface area contributed by atoms with Crippen LogP contribution in [0.5, 0.6) is 0 Å². The number of rotatable bonds is 1. The predicted molar refractivity (Wildman–Crippen MR) is 32.7 cm³/mol. The molecule has 0 rings (SSSR count). The molecule has 8 heavy (non-hydrogen) atoms. The van der Waals surface area contributed by atoms with E-state index in [1.807, 2.05) is 0 Å². The Hall–Kier alpha value is -0.570. The van der Waals surface area contributed by atoms with Gasteiger partial charge in [0, 0.05) is 0 Å². The second-order valence-corrected chi connectivity index (χ2v) is 1.12. The van der Waals surface area contributed by atoms with Gasteiger partial charge in [-0.25, -0.2) is 4.79 Å². The second kappa shape index (κ2) is 4.59. The first-order valence-electron chi connectivity index (χ1n) is 1.82. The molecule has 48 valence electrons. The van der Waals surface area contributed by atoms with E-state index in [2.05, 4.69) is 4.74 Å². The van der Waals surface area contributed by atoms with Crippen LogP contribution in [0.2, 0.25) is 0 Å². The maximum Gasteiger partial charge on any atom is 0.351 e. The predicted octanol–water partition coefficient (Wildman–Crippen LogP) is 0.621. The number of nitrogens with one attached hydrogen (secondary N) is 1. The monoisotopic (exact) mass is 137 g/mol. The number of carbonyl (C=O) groups is 1. The van der Waals surface area contributed by atoms with Gasteiger partial charge in [0.1, 0.15) is 5.71 Å². The van der Waals surface area contributed by atoms with Crippen LogP contribution in [0.3, 0.4) is 0 Å². The highest BCUT2D eigenvalue weighted by molar-refractivity contribution is 6.33. The van der Waals surface area contributed by atoms with E-state index in [1.54, 1.807) is 0 Å². The normalized spacial score (nSPS) is 6.75. The third-order valence-corrected chi connectivity index (χ3v) is 0.492. The SMILES string of the molecule is COC(=O)C(C)=N.Cl. The molecule has 3 nitrogen and oxygen atoms in total.